The topological polar surface area (TPSA) is 149 Å². The van der Waals surface area contributed by atoms with Crippen molar-refractivity contribution < 1.29 is 39.8 Å². The van der Waals surface area contributed by atoms with Gasteiger partial charge in [0, 0.05) is 0 Å². The van der Waals surface area contributed by atoms with Gasteiger partial charge in [0.1, 0.15) is 24.9 Å². The monoisotopic (exact) mass is 343 g/mol. The van der Waals surface area contributed by atoms with E-state index in [0.29, 0.717) is 0 Å². The molecule has 0 aliphatic carbocycles. The Balaban J connectivity index is 1.88. The van der Waals surface area contributed by atoms with Crippen molar-refractivity contribution in [2.75, 3.05) is 13.2 Å². The molecule has 2 rings (SSSR count). The zero-order valence-corrected chi connectivity index (χ0v) is 12.8. The molecule has 0 spiro atoms. The van der Waals surface area contributed by atoms with E-state index in [4.69, 9.17) is 14.6 Å². The Labute approximate surface area is 138 Å². The summed E-state index contributed by atoms with van der Waals surface area (Å²) in [5.41, 5.74) is -1.59. The van der Waals surface area contributed by atoms with Crippen molar-refractivity contribution in [2.24, 2.45) is 0 Å². The molecule has 0 aromatic heterocycles. The maximum atomic E-state index is 11.7. The third kappa shape index (κ3) is 4.01. The molecule has 1 heterocycles. The van der Waals surface area contributed by atoms with E-state index in [0.717, 1.165) is 5.56 Å². The molecule has 5 atom stereocenters. The summed E-state index contributed by atoms with van der Waals surface area (Å²) in [6, 6.07) is 8.90. The minimum absolute atomic E-state index is 0.00191. The molecule has 1 aromatic carbocycles. The van der Waals surface area contributed by atoms with Gasteiger partial charge in [0.2, 0.25) is 0 Å². The predicted molar refractivity (Wildman–Crippen MR) is 79.6 cm³/mol. The maximum absolute atomic E-state index is 11.7. The van der Waals surface area contributed by atoms with E-state index in [1.807, 2.05) is 6.07 Å². The lowest BCUT2D eigenvalue weighted by molar-refractivity contribution is -0.326. The first-order valence-corrected chi connectivity index (χ1v) is 7.36. The molecule has 1 aromatic rings. The molecule has 0 bridgehead atoms. The highest BCUT2D eigenvalue weighted by molar-refractivity contribution is 5.67. The molecule has 1 aliphatic rings. The molecule has 0 unspecified atom stereocenters. The maximum Gasteiger partial charge on any atom is 0.407 e. The van der Waals surface area contributed by atoms with Crippen LogP contribution >= 0.6 is 0 Å². The van der Waals surface area contributed by atoms with E-state index in [9.17, 15) is 25.2 Å². The number of carbonyl (C=O) groups excluding carboxylic acids is 1. The summed E-state index contributed by atoms with van der Waals surface area (Å²) in [6.45, 7) is -1.28. The molecule has 1 saturated heterocycles. The Morgan fingerprint density at radius 1 is 1.25 bits per heavy atom. The minimum atomic E-state index is -2.35. The van der Waals surface area contributed by atoms with Gasteiger partial charge < -0.3 is 40.3 Å². The second-order valence-corrected chi connectivity index (χ2v) is 5.55. The first kappa shape index (κ1) is 18.6. The number of nitrogens with one attached hydrogen (secondary N) is 1. The Morgan fingerprint density at radius 3 is 2.54 bits per heavy atom. The fourth-order valence-corrected chi connectivity index (χ4v) is 2.34. The third-order valence-corrected chi connectivity index (χ3v) is 3.86. The normalized spacial score (nSPS) is 33.0. The first-order valence-electron chi connectivity index (χ1n) is 7.36. The number of hydrogen-bond donors (Lipinski definition) is 6. The van der Waals surface area contributed by atoms with Gasteiger partial charge in [0.25, 0.3) is 0 Å². The SMILES string of the molecule is O=C(NC[C@@]1(O)[C@@H](O)O[C@H](CO)[C@@H](O)[C@@H]1O)OCc1ccccc1. The third-order valence-electron chi connectivity index (χ3n) is 3.86. The van der Waals surface area contributed by atoms with Crippen LogP contribution < -0.4 is 5.32 Å². The van der Waals surface area contributed by atoms with Crippen LogP contribution in [0.25, 0.3) is 0 Å². The summed E-state index contributed by atoms with van der Waals surface area (Å²) in [5, 5.41) is 51.0. The largest absolute Gasteiger partial charge is 0.445 e. The number of aliphatic hydroxyl groups is 5. The molecule has 134 valence electrons. The predicted octanol–water partition coefficient (Wildman–Crippen LogP) is -1.92. The number of benzene rings is 1. The van der Waals surface area contributed by atoms with E-state index in [1.54, 1.807) is 24.3 Å². The first-order chi connectivity index (χ1) is 11.4. The van der Waals surface area contributed by atoms with Crippen LogP contribution in [0.3, 0.4) is 0 Å². The highest BCUT2D eigenvalue weighted by Crippen LogP contribution is 2.28. The Morgan fingerprint density at radius 2 is 1.92 bits per heavy atom. The van der Waals surface area contributed by atoms with Gasteiger partial charge in [-0.3, -0.25) is 0 Å². The lowest BCUT2D eigenvalue weighted by Gasteiger charge is -2.45. The van der Waals surface area contributed by atoms with Gasteiger partial charge >= 0.3 is 6.09 Å². The molecule has 1 aliphatic heterocycles. The van der Waals surface area contributed by atoms with Gasteiger partial charge in [-0.15, -0.1) is 0 Å². The zero-order chi connectivity index (χ0) is 17.7. The van der Waals surface area contributed by atoms with Gasteiger partial charge in [-0.05, 0) is 5.56 Å². The molecule has 0 saturated carbocycles. The lowest BCUT2D eigenvalue weighted by atomic mass is 9.86. The van der Waals surface area contributed by atoms with Gasteiger partial charge in [0.05, 0.1) is 13.2 Å². The van der Waals surface area contributed by atoms with Crippen molar-refractivity contribution in [1.82, 2.24) is 5.32 Å². The van der Waals surface area contributed by atoms with Crippen molar-refractivity contribution in [2.45, 2.75) is 36.8 Å². The van der Waals surface area contributed by atoms with Gasteiger partial charge in [-0.25, -0.2) is 4.79 Å². The molecule has 6 N–H and O–H groups in total. The molecule has 24 heavy (non-hydrogen) atoms. The van der Waals surface area contributed by atoms with Crippen LogP contribution in [-0.4, -0.2) is 75.0 Å². The number of alkyl carbamates (subject to hydrolysis) is 1. The molecule has 0 radical (unpaired) electrons. The molecule has 9 nitrogen and oxygen atoms in total. The molecule has 1 amide bonds. The highest BCUT2D eigenvalue weighted by atomic mass is 16.6. The smallest absolute Gasteiger partial charge is 0.407 e. The number of hydrogen-bond acceptors (Lipinski definition) is 8. The Hall–Kier alpha value is -1.75. The lowest BCUT2D eigenvalue weighted by Crippen LogP contribution is -2.70. The second-order valence-electron chi connectivity index (χ2n) is 5.55. The van der Waals surface area contributed by atoms with Crippen LogP contribution in [0.2, 0.25) is 0 Å². The molecular formula is C15H21NO8. The van der Waals surface area contributed by atoms with Crippen LogP contribution in [0.1, 0.15) is 5.56 Å². The average molecular weight is 343 g/mol. The molecular weight excluding hydrogens is 322 g/mol. The molecule has 9 heteroatoms. The van der Waals surface area contributed by atoms with Gasteiger partial charge in [-0.1, -0.05) is 30.3 Å². The van der Waals surface area contributed by atoms with E-state index >= 15 is 0 Å². The molecule has 1 fully saturated rings. The number of carbonyl (C=O) groups is 1. The summed E-state index contributed by atoms with van der Waals surface area (Å²) in [5.74, 6) is 0. The summed E-state index contributed by atoms with van der Waals surface area (Å²) in [4.78, 5) is 11.7. The van der Waals surface area contributed by atoms with Crippen molar-refractivity contribution in [3.05, 3.63) is 35.9 Å². The minimum Gasteiger partial charge on any atom is -0.445 e. The van der Waals surface area contributed by atoms with Gasteiger partial charge in [-0.2, -0.15) is 0 Å². The van der Waals surface area contributed by atoms with Crippen molar-refractivity contribution >= 4 is 6.09 Å². The van der Waals surface area contributed by atoms with E-state index in [2.05, 4.69) is 5.32 Å². The van der Waals surface area contributed by atoms with Crippen LogP contribution in [0, 0.1) is 0 Å². The van der Waals surface area contributed by atoms with Crippen molar-refractivity contribution in [3.8, 4) is 0 Å². The van der Waals surface area contributed by atoms with E-state index in [1.165, 1.54) is 0 Å². The van der Waals surface area contributed by atoms with E-state index in [-0.39, 0.29) is 6.61 Å². The average Bonchev–Trinajstić information content (AvgIpc) is 2.60. The Kier molecular flexibility index (Phi) is 6.10. The van der Waals surface area contributed by atoms with Crippen LogP contribution in [-0.2, 0) is 16.1 Å². The highest BCUT2D eigenvalue weighted by Gasteiger charge is 2.54. The summed E-state index contributed by atoms with van der Waals surface area (Å²) in [7, 11) is 0. The standard InChI is InChI=1S/C15H21NO8/c17-6-10-11(18)12(19)15(22,13(20)24-10)8-16-14(21)23-7-9-4-2-1-3-5-9/h1-5,10-13,17-20,22H,6-8H2,(H,16,21)/t10-,11-,12+,13+,15+/m1/s1. The fourth-order valence-electron chi connectivity index (χ4n) is 2.34. The quantitative estimate of drug-likeness (QED) is 0.362. The number of aliphatic hydroxyl groups excluding tert-OH is 4. The van der Waals surface area contributed by atoms with Crippen LogP contribution in [0.5, 0.6) is 0 Å². The number of ether oxygens (including phenoxy) is 2. The van der Waals surface area contributed by atoms with Crippen molar-refractivity contribution in [3.63, 3.8) is 0 Å². The summed E-state index contributed by atoms with van der Waals surface area (Å²) >= 11 is 0. The van der Waals surface area contributed by atoms with E-state index < -0.39 is 49.4 Å². The fraction of sp³-hybridized carbons (Fsp3) is 0.533. The zero-order valence-electron chi connectivity index (χ0n) is 12.8. The second kappa shape index (κ2) is 7.88. The van der Waals surface area contributed by atoms with Crippen LogP contribution in [0.4, 0.5) is 4.79 Å². The number of rotatable bonds is 5. The Bertz CT molecular complexity index is 542. The summed E-state index contributed by atoms with van der Waals surface area (Å²) in [6.07, 6.45) is -7.52. The number of amides is 1. The van der Waals surface area contributed by atoms with Crippen LogP contribution in [0.15, 0.2) is 30.3 Å². The van der Waals surface area contributed by atoms with Crippen molar-refractivity contribution in [1.29, 1.82) is 0 Å². The summed E-state index contributed by atoms with van der Waals surface area (Å²) < 4.78 is 9.78. The van der Waals surface area contributed by atoms with Gasteiger partial charge in [0.15, 0.2) is 11.9 Å².